The number of carboxylic acid groups (broad SMARTS) is 1. The SMILES string of the molecule is COCC(O)CCNc1cc(C(=O)O)ccn1. The van der Waals surface area contributed by atoms with Gasteiger partial charge in [0.1, 0.15) is 5.82 Å². The van der Waals surface area contributed by atoms with Crippen LogP contribution >= 0.6 is 0 Å². The van der Waals surface area contributed by atoms with E-state index in [4.69, 9.17) is 9.84 Å². The second-order valence-electron chi connectivity index (χ2n) is 3.56. The third-order valence-corrected chi connectivity index (χ3v) is 2.15. The van der Waals surface area contributed by atoms with Crippen LogP contribution in [0.1, 0.15) is 16.8 Å². The van der Waals surface area contributed by atoms with E-state index in [2.05, 4.69) is 10.3 Å². The van der Waals surface area contributed by atoms with E-state index >= 15 is 0 Å². The average Bonchev–Trinajstić information content (AvgIpc) is 2.30. The van der Waals surface area contributed by atoms with Crippen molar-refractivity contribution < 1.29 is 19.7 Å². The van der Waals surface area contributed by atoms with Crippen molar-refractivity contribution in [1.29, 1.82) is 0 Å². The van der Waals surface area contributed by atoms with Gasteiger partial charge in [0.05, 0.1) is 18.3 Å². The van der Waals surface area contributed by atoms with E-state index in [0.717, 1.165) is 0 Å². The van der Waals surface area contributed by atoms with Gasteiger partial charge in [-0.05, 0) is 18.6 Å². The Hall–Kier alpha value is -1.66. The monoisotopic (exact) mass is 240 g/mol. The van der Waals surface area contributed by atoms with Gasteiger partial charge in [-0.25, -0.2) is 9.78 Å². The molecule has 0 amide bonds. The van der Waals surface area contributed by atoms with Gasteiger partial charge in [-0.1, -0.05) is 0 Å². The Labute approximate surface area is 99.3 Å². The molecule has 0 spiro atoms. The third kappa shape index (κ3) is 4.80. The molecule has 17 heavy (non-hydrogen) atoms. The highest BCUT2D eigenvalue weighted by Gasteiger charge is 2.05. The minimum Gasteiger partial charge on any atom is -0.478 e. The Bertz CT molecular complexity index is 370. The fraction of sp³-hybridized carbons (Fsp3) is 0.455. The number of nitrogens with zero attached hydrogens (tertiary/aromatic N) is 1. The molecule has 0 aliphatic carbocycles. The summed E-state index contributed by atoms with van der Waals surface area (Å²) in [7, 11) is 1.52. The van der Waals surface area contributed by atoms with Crippen molar-refractivity contribution in [3.63, 3.8) is 0 Å². The number of pyridine rings is 1. The predicted molar refractivity (Wildman–Crippen MR) is 62.2 cm³/mol. The van der Waals surface area contributed by atoms with Crippen molar-refractivity contribution in [2.75, 3.05) is 25.6 Å². The van der Waals surface area contributed by atoms with Crippen molar-refractivity contribution in [3.05, 3.63) is 23.9 Å². The smallest absolute Gasteiger partial charge is 0.335 e. The molecule has 1 aromatic heterocycles. The minimum absolute atomic E-state index is 0.180. The third-order valence-electron chi connectivity index (χ3n) is 2.15. The van der Waals surface area contributed by atoms with Crippen molar-refractivity contribution in [1.82, 2.24) is 4.98 Å². The second-order valence-corrected chi connectivity index (χ2v) is 3.56. The van der Waals surface area contributed by atoms with Gasteiger partial charge in [0.15, 0.2) is 0 Å². The highest BCUT2D eigenvalue weighted by molar-refractivity contribution is 5.88. The zero-order valence-electron chi connectivity index (χ0n) is 9.59. The van der Waals surface area contributed by atoms with Gasteiger partial charge in [0, 0.05) is 19.9 Å². The van der Waals surface area contributed by atoms with Crippen LogP contribution < -0.4 is 5.32 Å². The van der Waals surface area contributed by atoms with E-state index in [0.29, 0.717) is 18.8 Å². The molecule has 1 aromatic rings. The zero-order valence-corrected chi connectivity index (χ0v) is 9.59. The molecule has 0 bridgehead atoms. The van der Waals surface area contributed by atoms with Crippen LogP contribution in [-0.2, 0) is 4.74 Å². The van der Waals surface area contributed by atoms with Crippen LogP contribution in [0.2, 0.25) is 0 Å². The fourth-order valence-electron chi connectivity index (χ4n) is 1.30. The molecule has 1 unspecified atom stereocenters. The molecule has 0 aliphatic rings. The summed E-state index contributed by atoms with van der Waals surface area (Å²) >= 11 is 0. The van der Waals surface area contributed by atoms with Gasteiger partial charge in [0.2, 0.25) is 0 Å². The number of hydrogen-bond acceptors (Lipinski definition) is 5. The molecule has 3 N–H and O–H groups in total. The summed E-state index contributed by atoms with van der Waals surface area (Å²) in [5.41, 5.74) is 0.180. The summed E-state index contributed by atoms with van der Waals surface area (Å²) in [5, 5.41) is 21.1. The number of anilines is 1. The molecular formula is C11H16N2O4. The number of carbonyl (C=O) groups is 1. The van der Waals surface area contributed by atoms with Gasteiger partial charge in [-0.3, -0.25) is 0 Å². The Morgan fingerprint density at radius 1 is 1.65 bits per heavy atom. The summed E-state index contributed by atoms with van der Waals surface area (Å²) in [6, 6.07) is 2.87. The molecule has 0 saturated heterocycles. The zero-order chi connectivity index (χ0) is 12.7. The number of ether oxygens (including phenoxy) is 1. The lowest BCUT2D eigenvalue weighted by atomic mass is 10.2. The van der Waals surface area contributed by atoms with E-state index in [1.165, 1.54) is 25.4 Å². The van der Waals surface area contributed by atoms with Crippen LogP contribution in [0.15, 0.2) is 18.3 Å². The van der Waals surface area contributed by atoms with Gasteiger partial charge < -0.3 is 20.3 Å². The number of aromatic carboxylic acids is 1. The number of aliphatic hydroxyl groups is 1. The number of nitrogens with one attached hydrogen (secondary N) is 1. The predicted octanol–water partition coefficient (Wildman–Crippen LogP) is 0.589. The Morgan fingerprint density at radius 3 is 3.06 bits per heavy atom. The lowest BCUT2D eigenvalue weighted by Crippen LogP contribution is -2.18. The molecule has 0 saturated carbocycles. The Morgan fingerprint density at radius 2 is 2.41 bits per heavy atom. The Balaban J connectivity index is 2.41. The number of carboxylic acids is 1. The summed E-state index contributed by atoms with van der Waals surface area (Å²) in [4.78, 5) is 14.7. The van der Waals surface area contributed by atoms with Gasteiger partial charge in [-0.2, -0.15) is 0 Å². The molecule has 0 fully saturated rings. The first-order valence-electron chi connectivity index (χ1n) is 5.23. The number of rotatable bonds is 7. The van der Waals surface area contributed by atoms with Crippen LogP contribution in [-0.4, -0.2) is 47.5 Å². The lowest BCUT2D eigenvalue weighted by molar-refractivity contribution is 0.0615. The van der Waals surface area contributed by atoms with Gasteiger partial charge in [-0.15, -0.1) is 0 Å². The second kappa shape index (κ2) is 6.82. The summed E-state index contributed by atoms with van der Waals surface area (Å²) in [6.45, 7) is 0.783. The summed E-state index contributed by atoms with van der Waals surface area (Å²) < 4.78 is 4.79. The van der Waals surface area contributed by atoms with Gasteiger partial charge in [0.25, 0.3) is 0 Å². The first-order chi connectivity index (χ1) is 8.13. The highest BCUT2D eigenvalue weighted by Crippen LogP contribution is 2.07. The van der Waals surface area contributed by atoms with Crippen LogP contribution in [0, 0.1) is 0 Å². The highest BCUT2D eigenvalue weighted by atomic mass is 16.5. The number of methoxy groups -OCH3 is 1. The largest absolute Gasteiger partial charge is 0.478 e. The minimum atomic E-state index is -0.991. The Kier molecular flexibility index (Phi) is 5.38. The van der Waals surface area contributed by atoms with E-state index in [1.807, 2.05) is 0 Å². The maximum absolute atomic E-state index is 10.7. The average molecular weight is 240 g/mol. The molecule has 0 aromatic carbocycles. The standard InChI is InChI=1S/C11H16N2O4/c1-17-7-9(14)3-5-13-10-6-8(11(15)16)2-4-12-10/h2,4,6,9,14H,3,5,7H2,1H3,(H,12,13)(H,15,16). The first-order valence-corrected chi connectivity index (χ1v) is 5.23. The van der Waals surface area contributed by atoms with Crippen LogP contribution in [0.5, 0.6) is 0 Å². The number of aliphatic hydroxyl groups excluding tert-OH is 1. The van der Waals surface area contributed by atoms with Crippen molar-refractivity contribution >= 4 is 11.8 Å². The van der Waals surface area contributed by atoms with E-state index in [1.54, 1.807) is 0 Å². The maximum atomic E-state index is 10.7. The van der Waals surface area contributed by atoms with E-state index < -0.39 is 12.1 Å². The molecule has 0 aliphatic heterocycles. The summed E-state index contributed by atoms with van der Waals surface area (Å²) in [5.74, 6) is -0.510. The van der Waals surface area contributed by atoms with Crippen molar-refractivity contribution in [2.24, 2.45) is 0 Å². The quantitative estimate of drug-likeness (QED) is 0.646. The molecule has 0 radical (unpaired) electrons. The molecule has 1 rings (SSSR count). The molecule has 1 heterocycles. The molecule has 1 atom stereocenters. The number of hydrogen-bond donors (Lipinski definition) is 3. The molecule has 94 valence electrons. The molecular weight excluding hydrogens is 224 g/mol. The van der Waals surface area contributed by atoms with Crippen molar-refractivity contribution in [2.45, 2.75) is 12.5 Å². The number of aromatic nitrogens is 1. The van der Waals surface area contributed by atoms with Crippen LogP contribution in [0.25, 0.3) is 0 Å². The van der Waals surface area contributed by atoms with Crippen LogP contribution in [0.3, 0.4) is 0 Å². The maximum Gasteiger partial charge on any atom is 0.335 e. The molecule has 6 nitrogen and oxygen atoms in total. The topological polar surface area (TPSA) is 91.7 Å². The van der Waals surface area contributed by atoms with Crippen LogP contribution in [0.4, 0.5) is 5.82 Å². The van der Waals surface area contributed by atoms with Crippen molar-refractivity contribution in [3.8, 4) is 0 Å². The normalized spacial score (nSPS) is 12.1. The van der Waals surface area contributed by atoms with E-state index in [9.17, 15) is 9.90 Å². The van der Waals surface area contributed by atoms with Gasteiger partial charge >= 0.3 is 5.97 Å². The molecule has 6 heteroatoms. The fourth-order valence-corrected chi connectivity index (χ4v) is 1.30. The first kappa shape index (κ1) is 13.4. The van der Waals surface area contributed by atoms with E-state index in [-0.39, 0.29) is 12.2 Å². The lowest BCUT2D eigenvalue weighted by Gasteiger charge is -2.10. The summed E-state index contributed by atoms with van der Waals surface area (Å²) in [6.07, 6.45) is 1.40.